The minimum Gasteiger partial charge on any atom is -0.444 e. The van der Waals surface area contributed by atoms with Crippen molar-refractivity contribution in [1.82, 2.24) is 0 Å². The van der Waals surface area contributed by atoms with Crippen LogP contribution in [0.4, 0.5) is 4.79 Å². The summed E-state index contributed by atoms with van der Waals surface area (Å²) in [5.74, 6) is 0. The monoisotopic (exact) mass is 351 g/mol. The molecule has 1 aromatic carbocycles. The first-order valence-electron chi connectivity index (χ1n) is 4.51. The fourth-order valence-electron chi connectivity index (χ4n) is 1.22. The minimum absolute atomic E-state index is 0.642. The summed E-state index contributed by atoms with van der Waals surface area (Å²) in [5.41, 5.74) is 5.52. The maximum atomic E-state index is 10.5. The van der Waals surface area contributed by atoms with Gasteiger partial charge in [-0.3, -0.25) is 0 Å². The summed E-state index contributed by atoms with van der Waals surface area (Å²) >= 11 is 6.65. The van der Waals surface area contributed by atoms with Gasteiger partial charge in [-0.25, -0.2) is 4.79 Å². The first-order valence-corrected chi connectivity index (χ1v) is 6.09. The summed E-state index contributed by atoms with van der Waals surface area (Å²) in [7, 11) is 0. The average molecular weight is 353 g/mol. The number of nitrogens with two attached hydrogens (primary N) is 1. The smallest absolute Gasteiger partial charge is 0.404 e. The van der Waals surface area contributed by atoms with Gasteiger partial charge in [0.05, 0.1) is 0 Å². The van der Waals surface area contributed by atoms with E-state index in [1.54, 1.807) is 25.1 Å². The third-order valence-electron chi connectivity index (χ3n) is 2.03. The lowest BCUT2D eigenvalue weighted by molar-refractivity contribution is 0.0157. The molecule has 2 atom stereocenters. The molecule has 1 amide bonds. The summed E-state index contributed by atoms with van der Waals surface area (Å²) in [6, 6.07) is 5.27. The summed E-state index contributed by atoms with van der Waals surface area (Å²) in [5, 5.41) is 9.88. The van der Waals surface area contributed by atoms with E-state index in [1.165, 1.54) is 0 Å². The van der Waals surface area contributed by atoms with Crippen molar-refractivity contribution in [3.63, 3.8) is 0 Å². The van der Waals surface area contributed by atoms with Crippen LogP contribution in [-0.4, -0.2) is 17.3 Å². The Hall–Kier alpha value is -0.590. The molecule has 0 fully saturated rings. The lowest BCUT2D eigenvalue weighted by Gasteiger charge is -2.19. The van der Waals surface area contributed by atoms with Crippen molar-refractivity contribution < 1.29 is 14.6 Å². The van der Waals surface area contributed by atoms with Crippen LogP contribution in [0.25, 0.3) is 0 Å². The number of carbonyl (C=O) groups is 1. The van der Waals surface area contributed by atoms with E-state index in [2.05, 4.69) is 31.9 Å². The lowest BCUT2D eigenvalue weighted by Crippen LogP contribution is -2.25. The first-order chi connectivity index (χ1) is 7.41. The van der Waals surface area contributed by atoms with Gasteiger partial charge < -0.3 is 15.6 Å². The van der Waals surface area contributed by atoms with Crippen LogP contribution in [0, 0.1) is 0 Å². The molecule has 0 saturated carbocycles. The van der Waals surface area contributed by atoms with Crippen molar-refractivity contribution in [1.29, 1.82) is 0 Å². The Morgan fingerprint density at radius 1 is 1.44 bits per heavy atom. The molecule has 16 heavy (non-hydrogen) atoms. The number of ether oxygens (including phenoxy) is 1. The van der Waals surface area contributed by atoms with Crippen LogP contribution in [-0.2, 0) is 4.74 Å². The molecule has 0 aliphatic rings. The van der Waals surface area contributed by atoms with Gasteiger partial charge >= 0.3 is 6.09 Å². The fraction of sp³-hybridized carbons (Fsp3) is 0.300. The van der Waals surface area contributed by atoms with Gasteiger partial charge in [0.15, 0.2) is 0 Å². The maximum Gasteiger partial charge on any atom is 0.404 e. The number of rotatable bonds is 3. The van der Waals surface area contributed by atoms with Crippen molar-refractivity contribution in [2.75, 3.05) is 0 Å². The standard InChI is InChI=1S/C10H11Br2NO3/c1-5(16-10(13)15)9(14)6-2-3-7(11)8(12)4-6/h2-5,9,14H,1H3,(H2,13,15)/t5-,9+/m0/s1. The summed E-state index contributed by atoms with van der Waals surface area (Å²) < 4.78 is 6.39. The Bertz CT molecular complexity index is 398. The number of benzene rings is 1. The van der Waals surface area contributed by atoms with Gasteiger partial charge in [-0.05, 0) is 56.5 Å². The van der Waals surface area contributed by atoms with Crippen LogP contribution in [0.2, 0.25) is 0 Å². The number of amides is 1. The topological polar surface area (TPSA) is 72.5 Å². The Kier molecular flexibility index (Phi) is 4.76. The second-order valence-electron chi connectivity index (χ2n) is 3.26. The molecule has 6 heteroatoms. The highest BCUT2D eigenvalue weighted by molar-refractivity contribution is 9.13. The molecule has 88 valence electrons. The molecule has 0 spiro atoms. The summed E-state index contributed by atoms with van der Waals surface area (Å²) in [6.45, 7) is 1.57. The van der Waals surface area contributed by atoms with E-state index in [0.29, 0.717) is 5.56 Å². The Balaban J connectivity index is 2.83. The molecule has 0 aliphatic heterocycles. The van der Waals surface area contributed by atoms with Gasteiger partial charge in [0, 0.05) is 8.95 Å². The van der Waals surface area contributed by atoms with Crippen molar-refractivity contribution in [3.8, 4) is 0 Å². The predicted molar refractivity (Wildman–Crippen MR) is 66.9 cm³/mol. The van der Waals surface area contributed by atoms with E-state index in [4.69, 9.17) is 10.5 Å². The number of primary amides is 1. The van der Waals surface area contributed by atoms with E-state index in [0.717, 1.165) is 8.95 Å². The van der Waals surface area contributed by atoms with Crippen molar-refractivity contribution in [2.45, 2.75) is 19.1 Å². The van der Waals surface area contributed by atoms with Gasteiger partial charge in [-0.1, -0.05) is 6.07 Å². The molecule has 3 N–H and O–H groups in total. The van der Waals surface area contributed by atoms with Crippen LogP contribution >= 0.6 is 31.9 Å². The van der Waals surface area contributed by atoms with E-state index < -0.39 is 18.3 Å². The molecule has 0 saturated heterocycles. The molecule has 0 aromatic heterocycles. The zero-order valence-electron chi connectivity index (χ0n) is 8.48. The SMILES string of the molecule is C[C@H](OC(N)=O)[C@@H](O)c1ccc(Br)c(Br)c1. The van der Waals surface area contributed by atoms with E-state index in [1.807, 2.05) is 0 Å². The second kappa shape index (κ2) is 5.65. The summed E-state index contributed by atoms with van der Waals surface area (Å²) in [6.07, 6.45) is -2.50. The molecule has 0 aliphatic carbocycles. The maximum absolute atomic E-state index is 10.5. The molecule has 0 radical (unpaired) electrons. The number of hydrogen-bond donors (Lipinski definition) is 2. The van der Waals surface area contributed by atoms with Crippen LogP contribution < -0.4 is 5.73 Å². The van der Waals surface area contributed by atoms with Crippen molar-refractivity contribution in [2.24, 2.45) is 5.73 Å². The van der Waals surface area contributed by atoms with Gasteiger partial charge in [0.2, 0.25) is 0 Å². The lowest BCUT2D eigenvalue weighted by atomic mass is 10.1. The molecule has 0 bridgehead atoms. The molecule has 1 aromatic rings. The molecular weight excluding hydrogens is 342 g/mol. The average Bonchev–Trinajstić information content (AvgIpc) is 2.20. The predicted octanol–water partition coefficient (Wildman–Crippen LogP) is 2.73. The Labute approximate surface area is 110 Å². The third kappa shape index (κ3) is 3.47. The zero-order valence-corrected chi connectivity index (χ0v) is 11.7. The molecular formula is C10H11Br2NO3. The van der Waals surface area contributed by atoms with Gasteiger partial charge in [-0.2, -0.15) is 0 Å². The van der Waals surface area contributed by atoms with E-state index >= 15 is 0 Å². The van der Waals surface area contributed by atoms with Crippen molar-refractivity contribution >= 4 is 38.0 Å². The number of hydrogen-bond acceptors (Lipinski definition) is 3. The first kappa shape index (κ1) is 13.5. The normalized spacial score (nSPS) is 14.2. The number of halogens is 2. The minimum atomic E-state index is -0.906. The second-order valence-corrected chi connectivity index (χ2v) is 4.97. The molecule has 0 unspecified atom stereocenters. The van der Waals surface area contributed by atoms with E-state index in [-0.39, 0.29) is 0 Å². The Morgan fingerprint density at radius 2 is 2.06 bits per heavy atom. The van der Waals surface area contributed by atoms with Gasteiger partial charge in [0.25, 0.3) is 0 Å². The largest absolute Gasteiger partial charge is 0.444 e. The highest BCUT2D eigenvalue weighted by Crippen LogP contribution is 2.28. The van der Waals surface area contributed by atoms with Crippen LogP contribution in [0.3, 0.4) is 0 Å². The van der Waals surface area contributed by atoms with Gasteiger partial charge in [0.1, 0.15) is 12.2 Å². The van der Waals surface area contributed by atoms with Gasteiger partial charge in [-0.15, -0.1) is 0 Å². The fourth-order valence-corrected chi connectivity index (χ4v) is 1.86. The number of aliphatic hydroxyl groups excluding tert-OH is 1. The quantitative estimate of drug-likeness (QED) is 0.878. The number of carbonyl (C=O) groups excluding carboxylic acids is 1. The molecule has 1 rings (SSSR count). The van der Waals surface area contributed by atoms with Crippen LogP contribution in [0.15, 0.2) is 27.1 Å². The Morgan fingerprint density at radius 3 is 2.56 bits per heavy atom. The van der Waals surface area contributed by atoms with Crippen LogP contribution in [0.1, 0.15) is 18.6 Å². The highest BCUT2D eigenvalue weighted by atomic mass is 79.9. The number of aliphatic hydroxyl groups is 1. The summed E-state index contributed by atoms with van der Waals surface area (Å²) in [4.78, 5) is 10.5. The van der Waals surface area contributed by atoms with Crippen LogP contribution in [0.5, 0.6) is 0 Å². The molecule has 4 nitrogen and oxygen atoms in total. The van der Waals surface area contributed by atoms with Crippen molar-refractivity contribution in [3.05, 3.63) is 32.7 Å². The zero-order chi connectivity index (χ0) is 12.3. The van der Waals surface area contributed by atoms with E-state index in [9.17, 15) is 9.90 Å². The third-order valence-corrected chi connectivity index (χ3v) is 3.91. The highest BCUT2D eigenvalue weighted by Gasteiger charge is 2.19. The molecule has 0 heterocycles.